The molecule has 1 aromatic heterocycles. The number of hydrogen-bond acceptors (Lipinski definition) is 4. The lowest BCUT2D eigenvalue weighted by atomic mass is 9.96. The highest BCUT2D eigenvalue weighted by molar-refractivity contribution is 4.94. The second-order valence-corrected chi connectivity index (χ2v) is 7.07. The Morgan fingerprint density at radius 3 is 2.45 bits per heavy atom. The predicted octanol–water partition coefficient (Wildman–Crippen LogP) is 1.34. The summed E-state index contributed by atoms with van der Waals surface area (Å²) in [5.74, 6) is 2.14. The molecule has 3 heterocycles. The minimum Gasteiger partial charge on any atom is -0.396 e. The van der Waals surface area contributed by atoms with Gasteiger partial charge in [-0.3, -0.25) is 4.90 Å². The van der Waals surface area contributed by atoms with Crippen LogP contribution in [0.4, 0.5) is 0 Å². The van der Waals surface area contributed by atoms with Gasteiger partial charge in [0.1, 0.15) is 5.82 Å². The third kappa shape index (κ3) is 3.89. The first-order chi connectivity index (χ1) is 10.8. The van der Waals surface area contributed by atoms with Gasteiger partial charge < -0.3 is 14.6 Å². The van der Waals surface area contributed by atoms with Crippen LogP contribution in [0.5, 0.6) is 0 Å². The second kappa shape index (κ2) is 7.57. The summed E-state index contributed by atoms with van der Waals surface area (Å²) in [4.78, 5) is 9.53. The van der Waals surface area contributed by atoms with Crippen LogP contribution in [0.25, 0.3) is 0 Å². The third-order valence-corrected chi connectivity index (χ3v) is 5.36. The van der Waals surface area contributed by atoms with E-state index in [2.05, 4.69) is 26.4 Å². The van der Waals surface area contributed by atoms with Gasteiger partial charge in [0.15, 0.2) is 0 Å². The SMILES string of the molecule is Cn1ccnc1CN1C[C@@H](CN2CCCCCC2)[C@@H](CO)C1. The van der Waals surface area contributed by atoms with Gasteiger partial charge in [-0.2, -0.15) is 0 Å². The minimum atomic E-state index is 0.315. The normalized spacial score (nSPS) is 28.1. The molecule has 5 heteroatoms. The second-order valence-electron chi connectivity index (χ2n) is 7.07. The Kier molecular flexibility index (Phi) is 5.50. The predicted molar refractivity (Wildman–Crippen MR) is 87.5 cm³/mol. The standard InChI is InChI=1S/C17H30N4O/c1-19-9-6-18-17(19)13-21-11-15(16(12-21)14-22)10-20-7-4-2-3-5-8-20/h6,9,15-16,22H,2-5,7-8,10-14H2,1H3/t15-,16-/m1/s1. The van der Waals surface area contributed by atoms with E-state index in [-0.39, 0.29) is 0 Å². The van der Waals surface area contributed by atoms with Crippen LogP contribution >= 0.6 is 0 Å². The Bertz CT molecular complexity index is 453. The van der Waals surface area contributed by atoms with Gasteiger partial charge in [0.25, 0.3) is 0 Å². The zero-order valence-electron chi connectivity index (χ0n) is 13.8. The van der Waals surface area contributed by atoms with Gasteiger partial charge in [-0.05, 0) is 37.8 Å². The quantitative estimate of drug-likeness (QED) is 0.891. The Morgan fingerprint density at radius 2 is 1.82 bits per heavy atom. The van der Waals surface area contributed by atoms with Crippen molar-refractivity contribution >= 4 is 0 Å². The number of nitrogens with zero attached hydrogens (tertiary/aromatic N) is 4. The van der Waals surface area contributed by atoms with Crippen LogP contribution in [0.3, 0.4) is 0 Å². The summed E-state index contributed by atoms with van der Waals surface area (Å²) in [6.45, 7) is 6.95. The molecule has 1 N–H and O–H groups in total. The zero-order chi connectivity index (χ0) is 15.4. The largest absolute Gasteiger partial charge is 0.396 e. The van der Waals surface area contributed by atoms with Crippen LogP contribution < -0.4 is 0 Å². The number of aliphatic hydroxyl groups is 1. The van der Waals surface area contributed by atoms with Gasteiger partial charge in [0, 0.05) is 45.7 Å². The molecule has 0 radical (unpaired) electrons. The van der Waals surface area contributed by atoms with Crippen molar-refractivity contribution in [2.24, 2.45) is 18.9 Å². The molecule has 0 saturated carbocycles. The van der Waals surface area contributed by atoms with Crippen molar-refractivity contribution in [1.82, 2.24) is 19.4 Å². The van der Waals surface area contributed by atoms with Crippen molar-refractivity contribution in [3.05, 3.63) is 18.2 Å². The molecule has 2 atom stereocenters. The maximum atomic E-state index is 9.75. The highest BCUT2D eigenvalue weighted by Gasteiger charge is 2.33. The molecule has 124 valence electrons. The van der Waals surface area contributed by atoms with Crippen LogP contribution in [0, 0.1) is 11.8 Å². The molecular formula is C17H30N4O. The maximum Gasteiger partial charge on any atom is 0.122 e. The van der Waals surface area contributed by atoms with Gasteiger partial charge in [-0.25, -0.2) is 4.98 Å². The topological polar surface area (TPSA) is 44.5 Å². The van der Waals surface area contributed by atoms with E-state index in [4.69, 9.17) is 0 Å². The lowest BCUT2D eigenvalue weighted by molar-refractivity contribution is 0.165. The van der Waals surface area contributed by atoms with Gasteiger partial charge in [-0.1, -0.05) is 12.8 Å². The van der Waals surface area contributed by atoms with Gasteiger partial charge >= 0.3 is 0 Å². The van der Waals surface area contributed by atoms with E-state index in [1.165, 1.54) is 38.8 Å². The number of aryl methyl sites for hydroxylation is 1. The smallest absolute Gasteiger partial charge is 0.122 e. The number of rotatable bonds is 5. The number of aliphatic hydroxyl groups excluding tert-OH is 1. The summed E-state index contributed by atoms with van der Waals surface area (Å²) in [6, 6.07) is 0. The van der Waals surface area contributed by atoms with Crippen LogP contribution in [0.15, 0.2) is 12.4 Å². The first kappa shape index (κ1) is 16.0. The van der Waals surface area contributed by atoms with E-state index in [0.717, 1.165) is 32.0 Å². The first-order valence-electron chi connectivity index (χ1n) is 8.78. The average Bonchev–Trinajstić information content (AvgIpc) is 2.98. The lowest BCUT2D eigenvalue weighted by Gasteiger charge is -2.26. The van der Waals surface area contributed by atoms with Crippen molar-refractivity contribution in [1.29, 1.82) is 0 Å². The van der Waals surface area contributed by atoms with E-state index >= 15 is 0 Å². The maximum absolute atomic E-state index is 9.75. The van der Waals surface area contributed by atoms with Gasteiger partial charge in [0.2, 0.25) is 0 Å². The summed E-state index contributed by atoms with van der Waals surface area (Å²) < 4.78 is 2.09. The van der Waals surface area contributed by atoms with E-state index in [0.29, 0.717) is 18.4 Å². The van der Waals surface area contributed by atoms with E-state index in [9.17, 15) is 5.11 Å². The average molecular weight is 306 g/mol. The minimum absolute atomic E-state index is 0.315. The molecule has 2 aliphatic rings. The van der Waals surface area contributed by atoms with Crippen LogP contribution in [0.2, 0.25) is 0 Å². The fourth-order valence-corrected chi connectivity index (χ4v) is 3.98. The molecule has 22 heavy (non-hydrogen) atoms. The lowest BCUT2D eigenvalue weighted by Crippen LogP contribution is -2.34. The van der Waals surface area contributed by atoms with Crippen LogP contribution in [-0.2, 0) is 13.6 Å². The molecule has 2 aliphatic heterocycles. The molecule has 3 rings (SSSR count). The van der Waals surface area contributed by atoms with Crippen molar-refractivity contribution in [3.8, 4) is 0 Å². The van der Waals surface area contributed by atoms with Gasteiger partial charge in [-0.15, -0.1) is 0 Å². The molecule has 5 nitrogen and oxygen atoms in total. The number of hydrogen-bond donors (Lipinski definition) is 1. The van der Waals surface area contributed by atoms with Crippen molar-refractivity contribution in [2.75, 3.05) is 39.3 Å². The molecular weight excluding hydrogens is 276 g/mol. The number of likely N-dealkylation sites (tertiary alicyclic amines) is 2. The molecule has 0 unspecified atom stereocenters. The molecule has 0 bridgehead atoms. The Hall–Kier alpha value is -0.910. The van der Waals surface area contributed by atoms with Crippen LogP contribution in [0.1, 0.15) is 31.5 Å². The van der Waals surface area contributed by atoms with Gasteiger partial charge in [0.05, 0.1) is 6.54 Å². The fraction of sp³-hybridized carbons (Fsp3) is 0.824. The summed E-state index contributed by atoms with van der Waals surface area (Å²) in [7, 11) is 2.05. The molecule has 0 aliphatic carbocycles. The molecule has 0 spiro atoms. The van der Waals surface area contributed by atoms with Crippen molar-refractivity contribution < 1.29 is 5.11 Å². The van der Waals surface area contributed by atoms with Crippen LogP contribution in [-0.4, -0.2) is 63.8 Å². The third-order valence-electron chi connectivity index (χ3n) is 5.36. The molecule has 2 saturated heterocycles. The van der Waals surface area contributed by atoms with Crippen molar-refractivity contribution in [2.45, 2.75) is 32.2 Å². The number of aromatic nitrogens is 2. The highest BCUT2D eigenvalue weighted by Crippen LogP contribution is 2.26. The highest BCUT2D eigenvalue weighted by atomic mass is 16.3. The Balaban J connectivity index is 1.56. The number of imidazole rings is 1. The molecule has 0 aromatic carbocycles. The summed E-state index contributed by atoms with van der Waals surface area (Å²) in [6.07, 6.45) is 9.32. The summed E-state index contributed by atoms with van der Waals surface area (Å²) in [5.41, 5.74) is 0. The Labute approximate surface area is 133 Å². The van der Waals surface area contributed by atoms with E-state index in [1.807, 2.05) is 12.4 Å². The molecule has 2 fully saturated rings. The summed E-state index contributed by atoms with van der Waals surface area (Å²) in [5, 5.41) is 9.75. The summed E-state index contributed by atoms with van der Waals surface area (Å²) >= 11 is 0. The monoisotopic (exact) mass is 306 g/mol. The fourth-order valence-electron chi connectivity index (χ4n) is 3.98. The zero-order valence-corrected chi connectivity index (χ0v) is 13.8. The molecule has 0 amide bonds. The van der Waals surface area contributed by atoms with E-state index in [1.54, 1.807) is 0 Å². The van der Waals surface area contributed by atoms with Crippen molar-refractivity contribution in [3.63, 3.8) is 0 Å². The Morgan fingerprint density at radius 1 is 1.09 bits per heavy atom. The van der Waals surface area contributed by atoms with E-state index < -0.39 is 0 Å². The first-order valence-corrected chi connectivity index (χ1v) is 8.78. The molecule has 1 aromatic rings.